The minimum Gasteiger partial charge on any atom is -0.351 e. The number of carbonyl (C=O) groups is 2. The summed E-state index contributed by atoms with van der Waals surface area (Å²) in [5.41, 5.74) is 2.19. The predicted octanol–water partition coefficient (Wildman–Crippen LogP) is 5.94. The molecule has 0 bridgehead atoms. The molecule has 2 aliphatic rings. The summed E-state index contributed by atoms with van der Waals surface area (Å²) >= 11 is 0. The van der Waals surface area contributed by atoms with Crippen molar-refractivity contribution in [1.82, 2.24) is 14.8 Å². The van der Waals surface area contributed by atoms with Gasteiger partial charge in [0.05, 0.1) is 6.54 Å². The Hall–Kier alpha value is -3.41. The third-order valence-corrected chi connectivity index (χ3v) is 7.76. The number of hydrogen-bond acceptors (Lipinski definition) is 2. The van der Waals surface area contributed by atoms with Crippen molar-refractivity contribution in [3.8, 4) is 11.3 Å². The fraction of sp³-hybridized carbons (Fsp3) is 0.400. The van der Waals surface area contributed by atoms with E-state index in [1.54, 1.807) is 17.0 Å². The molecule has 1 aliphatic heterocycles. The van der Waals surface area contributed by atoms with Crippen molar-refractivity contribution in [3.63, 3.8) is 0 Å². The molecule has 36 heavy (non-hydrogen) atoms. The van der Waals surface area contributed by atoms with Crippen molar-refractivity contribution >= 4 is 11.8 Å². The number of benzene rings is 2. The molecule has 1 saturated carbocycles. The summed E-state index contributed by atoms with van der Waals surface area (Å²) in [5, 5.41) is 3.32. The number of nitrogens with zero attached hydrogens (tertiary/aromatic N) is 2. The van der Waals surface area contributed by atoms with Gasteiger partial charge in [-0.2, -0.15) is 0 Å². The second-order valence-electron chi connectivity index (χ2n) is 10.4. The molecule has 5 rings (SSSR count). The Morgan fingerprint density at radius 2 is 1.56 bits per heavy atom. The average Bonchev–Trinajstić information content (AvgIpc) is 3.28. The molecule has 0 saturated heterocycles. The summed E-state index contributed by atoms with van der Waals surface area (Å²) in [6.45, 7) is 2.45. The van der Waals surface area contributed by atoms with Crippen molar-refractivity contribution in [2.45, 2.75) is 76.5 Å². The van der Waals surface area contributed by atoms with E-state index in [0.29, 0.717) is 12.2 Å². The molecule has 0 spiro atoms. The zero-order chi connectivity index (χ0) is 25.1. The van der Waals surface area contributed by atoms with E-state index in [9.17, 15) is 14.0 Å². The first kappa shape index (κ1) is 24.3. The summed E-state index contributed by atoms with van der Waals surface area (Å²) in [5.74, 6) is -0.639. The number of fused-ring (bicyclic) bond motifs is 1. The van der Waals surface area contributed by atoms with E-state index in [2.05, 4.69) is 5.32 Å². The van der Waals surface area contributed by atoms with Gasteiger partial charge in [-0.1, -0.05) is 74.6 Å². The van der Waals surface area contributed by atoms with E-state index in [0.717, 1.165) is 42.5 Å². The first-order valence-electron chi connectivity index (χ1n) is 13.1. The molecule has 1 atom stereocenters. The molecule has 2 aromatic carbocycles. The Kier molecular flexibility index (Phi) is 6.95. The molecule has 6 heteroatoms. The third kappa shape index (κ3) is 4.81. The van der Waals surface area contributed by atoms with Crippen LogP contribution in [0, 0.1) is 5.82 Å². The highest BCUT2D eigenvalue weighted by molar-refractivity contribution is 6.00. The van der Waals surface area contributed by atoms with Gasteiger partial charge in [-0.15, -0.1) is 0 Å². The van der Waals surface area contributed by atoms with Gasteiger partial charge in [0.15, 0.2) is 0 Å². The maximum absolute atomic E-state index is 14.0. The van der Waals surface area contributed by atoms with Crippen LogP contribution in [0.25, 0.3) is 11.3 Å². The lowest BCUT2D eigenvalue weighted by atomic mass is 9.91. The Labute approximate surface area is 212 Å². The molecular formula is C30H34FN3O2. The lowest BCUT2D eigenvalue weighted by Gasteiger charge is -2.45. The molecular weight excluding hydrogens is 453 g/mol. The number of nitrogens with one attached hydrogen (secondary N) is 1. The Balaban J connectivity index is 1.50. The van der Waals surface area contributed by atoms with Gasteiger partial charge in [-0.3, -0.25) is 9.59 Å². The maximum atomic E-state index is 14.0. The highest BCUT2D eigenvalue weighted by atomic mass is 19.1. The quantitative estimate of drug-likeness (QED) is 0.484. The first-order chi connectivity index (χ1) is 17.5. The van der Waals surface area contributed by atoms with E-state index in [1.165, 1.54) is 31.4 Å². The Morgan fingerprint density at radius 1 is 0.917 bits per heavy atom. The van der Waals surface area contributed by atoms with Crippen LogP contribution in [0.4, 0.5) is 4.39 Å². The van der Waals surface area contributed by atoms with Gasteiger partial charge in [0, 0.05) is 18.3 Å². The van der Waals surface area contributed by atoms with Gasteiger partial charge in [0.1, 0.15) is 17.1 Å². The van der Waals surface area contributed by atoms with E-state index in [-0.39, 0.29) is 30.2 Å². The van der Waals surface area contributed by atoms with Gasteiger partial charge in [0.2, 0.25) is 5.91 Å². The number of rotatable bonds is 5. The molecule has 3 aromatic rings. The topological polar surface area (TPSA) is 54.3 Å². The van der Waals surface area contributed by atoms with Gasteiger partial charge in [0.25, 0.3) is 5.91 Å². The molecule has 188 valence electrons. The van der Waals surface area contributed by atoms with E-state index in [1.807, 2.05) is 54.0 Å². The van der Waals surface area contributed by atoms with Crippen molar-refractivity contribution < 1.29 is 14.0 Å². The van der Waals surface area contributed by atoms with E-state index < -0.39 is 5.54 Å². The predicted molar refractivity (Wildman–Crippen MR) is 139 cm³/mol. The van der Waals surface area contributed by atoms with Crippen molar-refractivity contribution in [3.05, 3.63) is 83.8 Å². The van der Waals surface area contributed by atoms with Crippen LogP contribution < -0.4 is 5.32 Å². The van der Waals surface area contributed by atoms with Crippen LogP contribution >= 0.6 is 0 Å². The fourth-order valence-corrected chi connectivity index (χ4v) is 5.60. The molecule has 1 aromatic heterocycles. The van der Waals surface area contributed by atoms with Crippen LogP contribution in [-0.2, 0) is 17.9 Å². The molecule has 2 amide bonds. The lowest BCUT2D eigenvalue weighted by molar-refractivity contribution is -0.134. The standard InChI is InChI=1S/C30H34FN3O2/c1-30(29(36)32-25-12-8-3-2-4-9-13-25)21-33-26(23-10-6-5-7-11-23)18-19-27(33)28(35)34(30)20-22-14-16-24(31)17-15-22/h5-7,10-11,14-19,25H,2-4,8-9,12-13,20-21H2,1H3,(H,32,36)/t30-/m0/s1. The summed E-state index contributed by atoms with van der Waals surface area (Å²) in [7, 11) is 0. The normalized spacial score (nSPS) is 20.9. The maximum Gasteiger partial charge on any atom is 0.271 e. The Morgan fingerprint density at radius 3 is 2.25 bits per heavy atom. The van der Waals surface area contributed by atoms with Crippen LogP contribution in [0.3, 0.4) is 0 Å². The largest absolute Gasteiger partial charge is 0.351 e. The van der Waals surface area contributed by atoms with Crippen LogP contribution in [0.2, 0.25) is 0 Å². The fourth-order valence-electron chi connectivity index (χ4n) is 5.60. The SMILES string of the molecule is C[C@@]1(C(=O)NC2CCCCCCC2)Cn2c(ccc2-c2ccccc2)C(=O)N1Cc1ccc(F)cc1. The molecule has 5 nitrogen and oxygen atoms in total. The number of carbonyl (C=O) groups excluding carboxylic acids is 2. The highest BCUT2D eigenvalue weighted by Gasteiger charge is 2.48. The van der Waals surface area contributed by atoms with Gasteiger partial charge in [-0.25, -0.2) is 4.39 Å². The average molecular weight is 488 g/mol. The summed E-state index contributed by atoms with van der Waals surface area (Å²) in [6.07, 6.45) is 7.82. The van der Waals surface area contributed by atoms with Gasteiger partial charge >= 0.3 is 0 Å². The molecule has 0 radical (unpaired) electrons. The van der Waals surface area contributed by atoms with Crippen LogP contribution in [0.5, 0.6) is 0 Å². The third-order valence-electron chi connectivity index (χ3n) is 7.76. The second kappa shape index (κ2) is 10.3. The number of amides is 2. The van der Waals surface area contributed by atoms with Crippen molar-refractivity contribution in [2.75, 3.05) is 0 Å². The zero-order valence-electron chi connectivity index (χ0n) is 20.9. The van der Waals surface area contributed by atoms with Crippen molar-refractivity contribution in [2.24, 2.45) is 0 Å². The minimum atomic E-state index is -1.09. The highest BCUT2D eigenvalue weighted by Crippen LogP contribution is 2.34. The summed E-state index contributed by atoms with van der Waals surface area (Å²) in [6, 6.07) is 20.0. The molecule has 0 unspecified atom stereocenters. The minimum absolute atomic E-state index is 0.122. The first-order valence-corrected chi connectivity index (χ1v) is 13.1. The number of aromatic nitrogens is 1. The van der Waals surface area contributed by atoms with Crippen LogP contribution in [-0.4, -0.2) is 32.9 Å². The zero-order valence-corrected chi connectivity index (χ0v) is 20.9. The second-order valence-corrected chi connectivity index (χ2v) is 10.4. The van der Waals surface area contributed by atoms with E-state index in [4.69, 9.17) is 0 Å². The molecule has 1 aliphatic carbocycles. The van der Waals surface area contributed by atoms with Gasteiger partial charge in [-0.05, 0) is 55.2 Å². The van der Waals surface area contributed by atoms with E-state index >= 15 is 0 Å². The molecule has 2 heterocycles. The van der Waals surface area contributed by atoms with Crippen LogP contribution in [0.1, 0.15) is 67.9 Å². The molecule has 1 fully saturated rings. The molecule has 1 N–H and O–H groups in total. The lowest BCUT2D eigenvalue weighted by Crippen LogP contribution is -2.64. The monoisotopic (exact) mass is 487 g/mol. The Bertz CT molecular complexity index is 1210. The van der Waals surface area contributed by atoms with Gasteiger partial charge < -0.3 is 14.8 Å². The van der Waals surface area contributed by atoms with Crippen molar-refractivity contribution in [1.29, 1.82) is 0 Å². The smallest absolute Gasteiger partial charge is 0.271 e. The number of hydrogen-bond donors (Lipinski definition) is 1. The van der Waals surface area contributed by atoms with Crippen LogP contribution in [0.15, 0.2) is 66.7 Å². The number of halogens is 1. The summed E-state index contributed by atoms with van der Waals surface area (Å²) in [4.78, 5) is 29.6. The summed E-state index contributed by atoms with van der Waals surface area (Å²) < 4.78 is 15.5.